The summed E-state index contributed by atoms with van der Waals surface area (Å²) in [7, 11) is 0. The highest BCUT2D eigenvalue weighted by molar-refractivity contribution is 6.06. The highest BCUT2D eigenvalue weighted by Crippen LogP contribution is 2.20. The molecule has 0 aromatic heterocycles. The van der Waals surface area contributed by atoms with Crippen molar-refractivity contribution in [3.8, 4) is 0 Å². The Morgan fingerprint density at radius 1 is 1.36 bits per heavy atom. The molecule has 80 valence electrons. The molecule has 0 aromatic carbocycles. The van der Waals surface area contributed by atoms with Gasteiger partial charge in [-0.2, -0.15) is 0 Å². The van der Waals surface area contributed by atoms with Gasteiger partial charge in [0.15, 0.2) is 0 Å². The number of urea groups is 1. The highest BCUT2D eigenvalue weighted by Gasteiger charge is 2.45. The lowest BCUT2D eigenvalue weighted by molar-refractivity contribution is -0.130. The molecule has 0 bridgehead atoms. The molecule has 1 fully saturated rings. The van der Waals surface area contributed by atoms with Crippen molar-refractivity contribution in [2.75, 3.05) is 6.54 Å². The largest absolute Gasteiger partial charge is 0.325 e. The van der Waals surface area contributed by atoms with Crippen LogP contribution in [0.15, 0.2) is 0 Å². The van der Waals surface area contributed by atoms with E-state index < -0.39 is 5.54 Å². The van der Waals surface area contributed by atoms with Crippen molar-refractivity contribution < 1.29 is 9.59 Å². The van der Waals surface area contributed by atoms with Gasteiger partial charge in [-0.05, 0) is 19.8 Å². The van der Waals surface area contributed by atoms with E-state index in [0.29, 0.717) is 13.0 Å². The van der Waals surface area contributed by atoms with Gasteiger partial charge >= 0.3 is 6.03 Å². The van der Waals surface area contributed by atoms with E-state index in [1.165, 1.54) is 4.90 Å². The molecule has 0 aromatic rings. The molecule has 4 nitrogen and oxygen atoms in total. The molecule has 1 rings (SSSR count). The normalized spacial score (nSPS) is 26.9. The topological polar surface area (TPSA) is 49.4 Å². The van der Waals surface area contributed by atoms with Crippen LogP contribution in [-0.2, 0) is 4.79 Å². The van der Waals surface area contributed by atoms with Gasteiger partial charge in [0.05, 0.1) is 0 Å². The Bertz CT molecular complexity index is 253. The van der Waals surface area contributed by atoms with E-state index in [1.807, 2.05) is 13.8 Å². The molecule has 1 aliphatic heterocycles. The Labute approximate surface area is 84.7 Å². The number of rotatable bonds is 4. The van der Waals surface area contributed by atoms with Gasteiger partial charge in [-0.15, -0.1) is 0 Å². The summed E-state index contributed by atoms with van der Waals surface area (Å²) in [6, 6.07) is -0.243. The molecule has 1 aliphatic rings. The van der Waals surface area contributed by atoms with Crippen LogP contribution in [0.5, 0.6) is 0 Å². The number of hydrogen-bond donors (Lipinski definition) is 1. The van der Waals surface area contributed by atoms with Crippen molar-refractivity contribution in [1.29, 1.82) is 0 Å². The summed E-state index contributed by atoms with van der Waals surface area (Å²) in [4.78, 5) is 24.6. The molecular formula is C10H18N2O2. The van der Waals surface area contributed by atoms with Crippen molar-refractivity contribution in [3.63, 3.8) is 0 Å². The Kier molecular flexibility index (Phi) is 3.13. The SMILES string of the molecule is CCCCN1C(=O)NC(C)(CC)C1=O. The number of imide groups is 1. The monoisotopic (exact) mass is 198 g/mol. The van der Waals surface area contributed by atoms with E-state index in [4.69, 9.17) is 0 Å². The first-order valence-electron chi connectivity index (χ1n) is 5.19. The number of amides is 3. The van der Waals surface area contributed by atoms with E-state index in [-0.39, 0.29) is 11.9 Å². The fourth-order valence-corrected chi connectivity index (χ4v) is 1.51. The number of hydrogen-bond acceptors (Lipinski definition) is 2. The van der Waals surface area contributed by atoms with Crippen molar-refractivity contribution >= 4 is 11.9 Å². The zero-order valence-corrected chi connectivity index (χ0v) is 9.09. The average Bonchev–Trinajstić information content (AvgIpc) is 2.37. The minimum atomic E-state index is -0.676. The minimum absolute atomic E-state index is 0.0848. The van der Waals surface area contributed by atoms with Crippen LogP contribution in [0.2, 0.25) is 0 Å². The molecule has 0 spiro atoms. The van der Waals surface area contributed by atoms with Gasteiger partial charge in [-0.3, -0.25) is 9.69 Å². The van der Waals surface area contributed by atoms with E-state index in [9.17, 15) is 9.59 Å². The van der Waals surface area contributed by atoms with Gasteiger partial charge in [0.1, 0.15) is 5.54 Å². The third-order valence-corrected chi connectivity index (χ3v) is 2.79. The quantitative estimate of drug-likeness (QED) is 0.696. The fourth-order valence-electron chi connectivity index (χ4n) is 1.51. The molecule has 4 heteroatoms. The first kappa shape index (κ1) is 11.0. The van der Waals surface area contributed by atoms with E-state index >= 15 is 0 Å². The first-order valence-corrected chi connectivity index (χ1v) is 5.19. The van der Waals surface area contributed by atoms with E-state index in [0.717, 1.165) is 12.8 Å². The smallest absolute Gasteiger partial charge is 0.323 e. The number of nitrogens with zero attached hydrogens (tertiary/aromatic N) is 1. The van der Waals surface area contributed by atoms with Crippen LogP contribution in [0.4, 0.5) is 4.79 Å². The summed E-state index contributed by atoms with van der Waals surface area (Å²) in [6.45, 7) is 6.26. The van der Waals surface area contributed by atoms with Crippen molar-refractivity contribution in [3.05, 3.63) is 0 Å². The molecule has 0 saturated carbocycles. The second kappa shape index (κ2) is 3.98. The molecule has 1 saturated heterocycles. The number of carbonyl (C=O) groups excluding carboxylic acids is 2. The summed E-state index contributed by atoms with van der Waals surface area (Å²) in [5.41, 5.74) is -0.676. The molecule has 0 aliphatic carbocycles. The lowest BCUT2D eigenvalue weighted by Crippen LogP contribution is -2.43. The van der Waals surface area contributed by atoms with Gasteiger partial charge in [-0.25, -0.2) is 4.79 Å². The van der Waals surface area contributed by atoms with Crippen LogP contribution in [0.1, 0.15) is 40.0 Å². The summed E-state index contributed by atoms with van der Waals surface area (Å²) in [6.07, 6.45) is 2.50. The van der Waals surface area contributed by atoms with Crippen molar-refractivity contribution in [2.24, 2.45) is 0 Å². The lowest BCUT2D eigenvalue weighted by atomic mass is 9.99. The summed E-state index contributed by atoms with van der Waals surface area (Å²) in [5.74, 6) is -0.0848. The summed E-state index contributed by atoms with van der Waals surface area (Å²) < 4.78 is 0. The van der Waals surface area contributed by atoms with Gasteiger partial charge in [-0.1, -0.05) is 20.3 Å². The fraction of sp³-hybridized carbons (Fsp3) is 0.800. The van der Waals surface area contributed by atoms with E-state index in [1.54, 1.807) is 6.92 Å². The van der Waals surface area contributed by atoms with Gasteiger partial charge < -0.3 is 5.32 Å². The second-order valence-electron chi connectivity index (χ2n) is 3.93. The molecule has 1 atom stereocenters. The lowest BCUT2D eigenvalue weighted by Gasteiger charge is -2.19. The van der Waals surface area contributed by atoms with Crippen LogP contribution < -0.4 is 5.32 Å². The maximum Gasteiger partial charge on any atom is 0.325 e. The first-order chi connectivity index (χ1) is 6.55. The molecular weight excluding hydrogens is 180 g/mol. The summed E-state index contributed by atoms with van der Waals surface area (Å²) >= 11 is 0. The Balaban J connectivity index is 2.70. The van der Waals surface area contributed by atoms with Crippen LogP contribution in [0.3, 0.4) is 0 Å². The Hall–Kier alpha value is -1.06. The summed E-state index contributed by atoms with van der Waals surface area (Å²) in [5, 5.41) is 2.73. The zero-order chi connectivity index (χ0) is 10.8. The Morgan fingerprint density at radius 3 is 2.43 bits per heavy atom. The van der Waals surface area contributed by atoms with Gasteiger partial charge in [0.2, 0.25) is 0 Å². The van der Waals surface area contributed by atoms with Crippen LogP contribution in [-0.4, -0.2) is 28.9 Å². The molecule has 14 heavy (non-hydrogen) atoms. The maximum absolute atomic E-state index is 11.8. The number of nitrogens with one attached hydrogen (secondary N) is 1. The standard InChI is InChI=1S/C10H18N2O2/c1-4-6-7-12-8(13)10(3,5-2)11-9(12)14/h4-7H2,1-3H3,(H,11,14). The molecule has 1 heterocycles. The third kappa shape index (κ3) is 1.74. The highest BCUT2D eigenvalue weighted by atomic mass is 16.2. The predicted octanol–water partition coefficient (Wildman–Crippen LogP) is 1.51. The average molecular weight is 198 g/mol. The number of unbranched alkanes of at least 4 members (excludes halogenated alkanes) is 1. The third-order valence-electron chi connectivity index (χ3n) is 2.79. The predicted molar refractivity (Wildman–Crippen MR) is 53.8 cm³/mol. The minimum Gasteiger partial charge on any atom is -0.323 e. The van der Waals surface area contributed by atoms with Crippen molar-refractivity contribution in [1.82, 2.24) is 10.2 Å². The number of carbonyl (C=O) groups is 2. The van der Waals surface area contributed by atoms with Crippen molar-refractivity contribution in [2.45, 2.75) is 45.6 Å². The second-order valence-corrected chi connectivity index (χ2v) is 3.93. The van der Waals surface area contributed by atoms with E-state index in [2.05, 4.69) is 5.32 Å². The van der Waals surface area contributed by atoms with Crippen LogP contribution in [0.25, 0.3) is 0 Å². The van der Waals surface area contributed by atoms with Crippen LogP contribution >= 0.6 is 0 Å². The van der Waals surface area contributed by atoms with Crippen LogP contribution in [0, 0.1) is 0 Å². The van der Waals surface area contributed by atoms with Gasteiger partial charge in [0, 0.05) is 6.54 Å². The molecule has 3 amide bonds. The molecule has 1 unspecified atom stereocenters. The zero-order valence-electron chi connectivity index (χ0n) is 9.09. The molecule has 1 N–H and O–H groups in total. The maximum atomic E-state index is 11.8. The molecule has 0 radical (unpaired) electrons. The Morgan fingerprint density at radius 2 is 2.00 bits per heavy atom. The van der Waals surface area contributed by atoms with Gasteiger partial charge in [0.25, 0.3) is 5.91 Å².